The third-order valence-corrected chi connectivity index (χ3v) is 4.95. The Morgan fingerprint density at radius 1 is 1.23 bits per heavy atom. The Labute approximate surface area is 160 Å². The number of rotatable bonds is 6. The quantitative estimate of drug-likeness (QED) is 0.649. The monoisotopic (exact) mass is 388 g/mol. The van der Waals surface area contributed by atoms with E-state index in [1.165, 1.54) is 11.8 Å². The van der Waals surface area contributed by atoms with Crippen molar-refractivity contribution in [3.63, 3.8) is 0 Å². The Hall–Kier alpha value is -2.51. The summed E-state index contributed by atoms with van der Waals surface area (Å²) in [4.78, 5) is 12.2. The number of carbonyl (C=O) groups excluding carboxylic acids is 1. The van der Waals surface area contributed by atoms with E-state index in [4.69, 9.17) is 16.3 Å². The van der Waals surface area contributed by atoms with Gasteiger partial charge < -0.3 is 14.6 Å². The maximum Gasteiger partial charge on any atom is 0.234 e. The molecule has 6 nitrogen and oxygen atoms in total. The van der Waals surface area contributed by atoms with E-state index in [2.05, 4.69) is 15.5 Å². The van der Waals surface area contributed by atoms with E-state index in [9.17, 15) is 4.79 Å². The standard InChI is InChI=1S/C18H17ClN4O2S/c1-23-17(12-6-4-3-5-7-12)21-22-18(23)26-11-16(24)20-13-8-9-15(25-2)14(19)10-13/h3-10H,11H2,1-2H3,(H,20,24). The van der Waals surface area contributed by atoms with Crippen molar-refractivity contribution in [1.82, 2.24) is 14.8 Å². The average molecular weight is 389 g/mol. The van der Waals surface area contributed by atoms with Crippen LogP contribution in [0.1, 0.15) is 0 Å². The number of methoxy groups -OCH3 is 1. The zero-order valence-electron chi connectivity index (χ0n) is 14.3. The van der Waals surface area contributed by atoms with E-state index < -0.39 is 0 Å². The molecule has 134 valence electrons. The molecule has 1 heterocycles. The Balaban J connectivity index is 1.62. The van der Waals surface area contributed by atoms with Crippen molar-refractivity contribution in [3.8, 4) is 17.1 Å². The first-order chi connectivity index (χ1) is 12.6. The summed E-state index contributed by atoms with van der Waals surface area (Å²) in [7, 11) is 3.42. The summed E-state index contributed by atoms with van der Waals surface area (Å²) >= 11 is 7.39. The van der Waals surface area contributed by atoms with Crippen LogP contribution in [0.4, 0.5) is 5.69 Å². The van der Waals surface area contributed by atoms with Crippen molar-refractivity contribution in [2.75, 3.05) is 18.2 Å². The summed E-state index contributed by atoms with van der Waals surface area (Å²) in [6.07, 6.45) is 0. The maximum absolute atomic E-state index is 12.2. The molecular formula is C18H17ClN4O2S. The van der Waals surface area contributed by atoms with Gasteiger partial charge in [0.05, 0.1) is 17.9 Å². The number of hydrogen-bond donors (Lipinski definition) is 1. The summed E-state index contributed by atoms with van der Waals surface area (Å²) in [5, 5.41) is 12.3. The van der Waals surface area contributed by atoms with Gasteiger partial charge in [-0.1, -0.05) is 53.7 Å². The van der Waals surface area contributed by atoms with Gasteiger partial charge in [0.15, 0.2) is 11.0 Å². The molecule has 1 amide bonds. The predicted molar refractivity (Wildman–Crippen MR) is 104 cm³/mol. The zero-order valence-corrected chi connectivity index (χ0v) is 15.8. The lowest BCUT2D eigenvalue weighted by atomic mass is 10.2. The van der Waals surface area contributed by atoms with Gasteiger partial charge in [-0.05, 0) is 18.2 Å². The second-order valence-electron chi connectivity index (χ2n) is 5.42. The van der Waals surface area contributed by atoms with Crippen LogP contribution in [-0.4, -0.2) is 33.5 Å². The van der Waals surface area contributed by atoms with Crippen LogP contribution in [0.3, 0.4) is 0 Å². The van der Waals surface area contributed by atoms with Gasteiger partial charge in [0.25, 0.3) is 0 Å². The van der Waals surface area contributed by atoms with Crippen LogP contribution in [0.5, 0.6) is 5.75 Å². The summed E-state index contributed by atoms with van der Waals surface area (Å²) < 4.78 is 6.97. The number of hydrogen-bond acceptors (Lipinski definition) is 5. The van der Waals surface area contributed by atoms with E-state index in [0.717, 1.165) is 11.4 Å². The third-order valence-electron chi connectivity index (χ3n) is 3.63. The second kappa shape index (κ2) is 8.25. The minimum Gasteiger partial charge on any atom is -0.495 e. The van der Waals surface area contributed by atoms with Gasteiger partial charge in [0.1, 0.15) is 5.75 Å². The van der Waals surface area contributed by atoms with Crippen molar-refractivity contribution >= 4 is 35.0 Å². The molecule has 0 fully saturated rings. The van der Waals surface area contributed by atoms with Crippen molar-refractivity contribution < 1.29 is 9.53 Å². The minimum absolute atomic E-state index is 0.152. The highest BCUT2D eigenvalue weighted by Crippen LogP contribution is 2.27. The molecule has 0 spiro atoms. The predicted octanol–water partition coefficient (Wildman–Crippen LogP) is 3.87. The topological polar surface area (TPSA) is 69.0 Å². The number of amides is 1. The molecular weight excluding hydrogens is 372 g/mol. The smallest absolute Gasteiger partial charge is 0.234 e. The molecule has 0 aliphatic rings. The molecule has 0 bridgehead atoms. The molecule has 0 saturated carbocycles. The number of carbonyl (C=O) groups is 1. The summed E-state index contributed by atoms with van der Waals surface area (Å²) in [6.45, 7) is 0. The number of nitrogens with one attached hydrogen (secondary N) is 1. The van der Waals surface area contributed by atoms with E-state index in [1.54, 1.807) is 25.3 Å². The number of thioether (sulfide) groups is 1. The van der Waals surface area contributed by atoms with Gasteiger partial charge in [-0.3, -0.25) is 4.79 Å². The molecule has 0 atom stereocenters. The molecule has 0 aliphatic carbocycles. The van der Waals surface area contributed by atoms with E-state index in [-0.39, 0.29) is 11.7 Å². The van der Waals surface area contributed by atoms with Gasteiger partial charge in [0.2, 0.25) is 5.91 Å². The second-order valence-corrected chi connectivity index (χ2v) is 6.77. The molecule has 2 aromatic carbocycles. The number of anilines is 1. The van der Waals surface area contributed by atoms with Crippen LogP contribution in [0.15, 0.2) is 53.7 Å². The normalized spacial score (nSPS) is 10.6. The van der Waals surface area contributed by atoms with Gasteiger partial charge >= 0.3 is 0 Å². The minimum atomic E-state index is -0.152. The number of halogens is 1. The number of nitrogens with zero attached hydrogens (tertiary/aromatic N) is 3. The van der Waals surface area contributed by atoms with Gasteiger partial charge in [-0.25, -0.2) is 0 Å². The fraction of sp³-hybridized carbons (Fsp3) is 0.167. The highest BCUT2D eigenvalue weighted by Gasteiger charge is 2.13. The first-order valence-electron chi connectivity index (χ1n) is 7.79. The Morgan fingerprint density at radius 2 is 2.00 bits per heavy atom. The van der Waals surface area contributed by atoms with Crippen LogP contribution < -0.4 is 10.1 Å². The molecule has 0 unspecified atom stereocenters. The average Bonchev–Trinajstić information content (AvgIpc) is 3.01. The molecule has 1 aromatic heterocycles. The Morgan fingerprint density at radius 3 is 2.69 bits per heavy atom. The van der Waals surface area contributed by atoms with E-state index in [1.807, 2.05) is 41.9 Å². The maximum atomic E-state index is 12.2. The van der Waals surface area contributed by atoms with Crippen molar-refractivity contribution in [1.29, 1.82) is 0 Å². The van der Waals surface area contributed by atoms with Crippen LogP contribution >= 0.6 is 23.4 Å². The van der Waals surface area contributed by atoms with E-state index >= 15 is 0 Å². The number of benzene rings is 2. The van der Waals surface area contributed by atoms with Crippen molar-refractivity contribution in [3.05, 3.63) is 53.6 Å². The van der Waals surface area contributed by atoms with Crippen molar-refractivity contribution in [2.24, 2.45) is 7.05 Å². The molecule has 0 aliphatic heterocycles. The van der Waals surface area contributed by atoms with Crippen LogP contribution in [0, 0.1) is 0 Å². The summed E-state index contributed by atoms with van der Waals surface area (Å²) in [6, 6.07) is 14.9. The lowest BCUT2D eigenvalue weighted by molar-refractivity contribution is -0.113. The van der Waals surface area contributed by atoms with E-state index in [0.29, 0.717) is 21.6 Å². The molecule has 3 rings (SSSR count). The molecule has 0 saturated heterocycles. The molecule has 1 N–H and O–H groups in total. The first kappa shape index (κ1) is 18.3. The van der Waals surface area contributed by atoms with Gasteiger partial charge in [-0.15, -0.1) is 10.2 Å². The molecule has 3 aromatic rings. The largest absolute Gasteiger partial charge is 0.495 e. The fourth-order valence-corrected chi connectivity index (χ4v) is 3.32. The summed E-state index contributed by atoms with van der Waals surface area (Å²) in [5.41, 5.74) is 1.59. The molecule has 26 heavy (non-hydrogen) atoms. The highest BCUT2D eigenvalue weighted by molar-refractivity contribution is 7.99. The van der Waals surface area contributed by atoms with Crippen molar-refractivity contribution in [2.45, 2.75) is 5.16 Å². The Bertz CT molecular complexity index is 915. The Kier molecular flexibility index (Phi) is 5.80. The van der Waals surface area contributed by atoms with Gasteiger partial charge in [-0.2, -0.15) is 0 Å². The molecule has 8 heteroatoms. The third kappa shape index (κ3) is 4.17. The zero-order chi connectivity index (χ0) is 18.5. The lowest BCUT2D eigenvalue weighted by Gasteiger charge is -2.08. The number of ether oxygens (including phenoxy) is 1. The summed E-state index contributed by atoms with van der Waals surface area (Å²) in [5.74, 6) is 1.38. The van der Waals surface area contributed by atoms with Crippen LogP contribution in [-0.2, 0) is 11.8 Å². The van der Waals surface area contributed by atoms with Crippen LogP contribution in [0.25, 0.3) is 11.4 Å². The number of aromatic nitrogens is 3. The lowest BCUT2D eigenvalue weighted by Crippen LogP contribution is -2.14. The SMILES string of the molecule is COc1ccc(NC(=O)CSc2nnc(-c3ccccc3)n2C)cc1Cl. The van der Waals surface area contributed by atoms with Crippen LogP contribution in [0.2, 0.25) is 5.02 Å². The first-order valence-corrected chi connectivity index (χ1v) is 9.16. The fourth-order valence-electron chi connectivity index (χ4n) is 2.35. The van der Waals surface area contributed by atoms with Gasteiger partial charge in [0, 0.05) is 18.3 Å². The molecule has 0 radical (unpaired) electrons. The highest BCUT2D eigenvalue weighted by atomic mass is 35.5.